The number of hydrogen-bond donors (Lipinski definition) is 1. The molecule has 0 aliphatic heterocycles. The van der Waals surface area contributed by atoms with Crippen LogP contribution in [0.5, 0.6) is 0 Å². The van der Waals surface area contributed by atoms with Gasteiger partial charge in [0.05, 0.1) is 11.7 Å². The first-order valence-electron chi connectivity index (χ1n) is 8.11. The van der Waals surface area contributed by atoms with Gasteiger partial charge in [-0.05, 0) is 64.2 Å². The lowest BCUT2D eigenvalue weighted by atomic mass is 9.64. The molecule has 116 valence electrons. The molecule has 2 aliphatic carbocycles. The molecule has 0 aromatic heterocycles. The molecule has 3 unspecified atom stereocenters. The van der Waals surface area contributed by atoms with Crippen LogP contribution in [0, 0.1) is 17.3 Å². The Bertz CT molecular complexity index is 358. The monoisotopic (exact) mass is 282 g/mol. The van der Waals surface area contributed by atoms with Crippen LogP contribution in [0.3, 0.4) is 0 Å². The minimum Gasteiger partial charge on any atom is -0.390 e. The van der Waals surface area contributed by atoms with Crippen LogP contribution >= 0.6 is 0 Å². The van der Waals surface area contributed by atoms with Gasteiger partial charge < -0.3 is 9.84 Å². The molecule has 2 saturated carbocycles. The largest absolute Gasteiger partial charge is 0.390 e. The molecule has 0 saturated heterocycles. The molecule has 0 amide bonds. The molecule has 0 radical (unpaired) electrons. The minimum absolute atomic E-state index is 0.142. The molecule has 1 N–H and O–H groups in total. The number of aliphatic hydroxyl groups is 1. The van der Waals surface area contributed by atoms with Crippen LogP contribution in [-0.4, -0.2) is 29.2 Å². The molecule has 0 aromatic carbocycles. The van der Waals surface area contributed by atoms with Crippen molar-refractivity contribution in [3.8, 4) is 0 Å². The molecule has 4 atom stereocenters. The van der Waals surface area contributed by atoms with Crippen molar-refractivity contribution in [3.63, 3.8) is 0 Å². The van der Waals surface area contributed by atoms with Crippen LogP contribution in [0.2, 0.25) is 0 Å². The van der Waals surface area contributed by atoms with E-state index in [-0.39, 0.29) is 17.4 Å². The summed E-state index contributed by atoms with van der Waals surface area (Å²) in [5.74, 6) is 1.23. The summed E-state index contributed by atoms with van der Waals surface area (Å²) < 4.78 is 5.98. The second kappa shape index (κ2) is 5.76. The zero-order valence-corrected chi connectivity index (χ0v) is 13.4. The van der Waals surface area contributed by atoms with E-state index in [2.05, 4.69) is 13.8 Å². The van der Waals surface area contributed by atoms with Crippen molar-refractivity contribution in [2.45, 2.75) is 77.9 Å². The van der Waals surface area contributed by atoms with Crippen molar-refractivity contribution in [2.24, 2.45) is 17.3 Å². The summed E-state index contributed by atoms with van der Waals surface area (Å²) in [5.41, 5.74) is -0.522. The Labute approximate surface area is 123 Å². The average Bonchev–Trinajstić information content (AvgIpc) is 2.66. The van der Waals surface area contributed by atoms with Crippen molar-refractivity contribution in [3.05, 3.63) is 0 Å². The Hall–Kier alpha value is -0.410. The number of carbonyl (C=O) groups excluding carboxylic acids is 1. The summed E-state index contributed by atoms with van der Waals surface area (Å²) in [7, 11) is 0. The van der Waals surface area contributed by atoms with E-state index in [9.17, 15) is 9.90 Å². The highest BCUT2D eigenvalue weighted by Crippen LogP contribution is 2.55. The van der Waals surface area contributed by atoms with E-state index in [1.807, 2.05) is 13.8 Å². The standard InChI is InChI=1S/C17H30O3/c1-12(20-11-10-16(2,3)19)13-7-8-14-15(18)6-5-9-17(13,14)4/h12-14,19H,5-11H2,1-4H3/t12-,13?,14?,17?/m1/s1. The SMILES string of the molecule is C[C@@H](OCCC(C)(C)O)C1CCC2C(=O)CCCC21C. The molecule has 0 heterocycles. The molecule has 3 nitrogen and oxygen atoms in total. The maximum Gasteiger partial charge on any atom is 0.136 e. The normalized spacial score (nSPS) is 36.0. The Kier molecular flexibility index (Phi) is 4.60. The Morgan fingerprint density at radius 3 is 2.80 bits per heavy atom. The van der Waals surface area contributed by atoms with Crippen molar-refractivity contribution in [1.82, 2.24) is 0 Å². The van der Waals surface area contributed by atoms with E-state index in [0.29, 0.717) is 24.7 Å². The van der Waals surface area contributed by atoms with Gasteiger partial charge in [-0.15, -0.1) is 0 Å². The van der Waals surface area contributed by atoms with Gasteiger partial charge in [0.2, 0.25) is 0 Å². The molecule has 2 fully saturated rings. The maximum absolute atomic E-state index is 12.1. The molecular weight excluding hydrogens is 252 g/mol. The zero-order valence-electron chi connectivity index (χ0n) is 13.4. The van der Waals surface area contributed by atoms with Crippen LogP contribution in [0.1, 0.15) is 66.2 Å². The van der Waals surface area contributed by atoms with Gasteiger partial charge in [-0.1, -0.05) is 6.92 Å². The molecule has 20 heavy (non-hydrogen) atoms. The molecule has 3 heteroatoms. The van der Waals surface area contributed by atoms with Crippen LogP contribution in [0.15, 0.2) is 0 Å². The van der Waals surface area contributed by atoms with Gasteiger partial charge >= 0.3 is 0 Å². The van der Waals surface area contributed by atoms with Gasteiger partial charge in [0, 0.05) is 18.9 Å². The highest BCUT2D eigenvalue weighted by atomic mass is 16.5. The highest BCUT2D eigenvalue weighted by Gasteiger charge is 2.52. The molecule has 0 aromatic rings. The predicted octanol–water partition coefficient (Wildman–Crippen LogP) is 3.34. The number of ether oxygens (including phenoxy) is 1. The smallest absolute Gasteiger partial charge is 0.136 e. The van der Waals surface area contributed by atoms with Crippen molar-refractivity contribution in [1.29, 1.82) is 0 Å². The second-order valence-corrected chi connectivity index (χ2v) is 7.70. The maximum atomic E-state index is 12.1. The highest BCUT2D eigenvalue weighted by molar-refractivity contribution is 5.83. The third-order valence-electron chi connectivity index (χ3n) is 5.60. The van der Waals surface area contributed by atoms with E-state index in [4.69, 9.17) is 4.74 Å². The van der Waals surface area contributed by atoms with Gasteiger partial charge in [0.25, 0.3) is 0 Å². The summed E-state index contributed by atoms with van der Waals surface area (Å²) in [6, 6.07) is 0. The third kappa shape index (κ3) is 3.25. The molecule has 2 aliphatic rings. The van der Waals surface area contributed by atoms with E-state index in [0.717, 1.165) is 32.1 Å². The van der Waals surface area contributed by atoms with Crippen molar-refractivity contribution in [2.75, 3.05) is 6.61 Å². The predicted molar refractivity (Wildman–Crippen MR) is 79.5 cm³/mol. The van der Waals surface area contributed by atoms with Crippen molar-refractivity contribution < 1.29 is 14.6 Å². The number of carbonyl (C=O) groups is 1. The van der Waals surface area contributed by atoms with E-state index < -0.39 is 5.60 Å². The molecular formula is C17H30O3. The lowest BCUT2D eigenvalue weighted by Crippen LogP contribution is -2.41. The van der Waals surface area contributed by atoms with Gasteiger partial charge in [0.1, 0.15) is 5.78 Å². The van der Waals surface area contributed by atoms with Crippen LogP contribution in [0.4, 0.5) is 0 Å². The molecule has 2 rings (SSSR count). The number of rotatable bonds is 5. The van der Waals surface area contributed by atoms with E-state index >= 15 is 0 Å². The number of hydrogen-bond acceptors (Lipinski definition) is 3. The number of Topliss-reactive ketones (excluding diaryl/α,β-unsaturated/α-hetero) is 1. The summed E-state index contributed by atoms with van der Waals surface area (Å²) in [6.45, 7) is 8.65. The van der Waals surface area contributed by atoms with Gasteiger partial charge in [0.15, 0.2) is 0 Å². The van der Waals surface area contributed by atoms with Crippen molar-refractivity contribution >= 4 is 5.78 Å². The van der Waals surface area contributed by atoms with Gasteiger partial charge in [-0.3, -0.25) is 4.79 Å². The Balaban J connectivity index is 1.93. The van der Waals surface area contributed by atoms with Crippen LogP contribution < -0.4 is 0 Å². The summed E-state index contributed by atoms with van der Waals surface area (Å²) >= 11 is 0. The summed E-state index contributed by atoms with van der Waals surface area (Å²) in [5, 5.41) is 9.74. The fourth-order valence-electron chi connectivity index (χ4n) is 4.35. The fraction of sp³-hybridized carbons (Fsp3) is 0.941. The lowest BCUT2D eigenvalue weighted by Gasteiger charge is -2.42. The first-order chi connectivity index (χ1) is 9.24. The van der Waals surface area contributed by atoms with E-state index in [1.54, 1.807) is 0 Å². The van der Waals surface area contributed by atoms with Gasteiger partial charge in [-0.2, -0.15) is 0 Å². The first kappa shape index (κ1) is 16.0. The van der Waals surface area contributed by atoms with Gasteiger partial charge in [-0.25, -0.2) is 0 Å². The number of fused-ring (bicyclic) bond motifs is 1. The topological polar surface area (TPSA) is 46.5 Å². The number of ketones is 1. The third-order valence-corrected chi connectivity index (χ3v) is 5.60. The van der Waals surface area contributed by atoms with Crippen LogP contribution in [0.25, 0.3) is 0 Å². The second-order valence-electron chi connectivity index (χ2n) is 7.70. The summed E-state index contributed by atoms with van der Waals surface area (Å²) in [4.78, 5) is 12.1. The molecule has 0 bridgehead atoms. The summed E-state index contributed by atoms with van der Waals surface area (Å²) in [6.07, 6.45) is 5.96. The minimum atomic E-state index is -0.664. The average molecular weight is 282 g/mol. The quantitative estimate of drug-likeness (QED) is 0.841. The zero-order chi connectivity index (χ0) is 15.0. The molecule has 0 spiro atoms. The lowest BCUT2D eigenvalue weighted by molar-refractivity contribution is -0.131. The Morgan fingerprint density at radius 2 is 2.15 bits per heavy atom. The Morgan fingerprint density at radius 1 is 1.45 bits per heavy atom. The fourth-order valence-corrected chi connectivity index (χ4v) is 4.35. The first-order valence-corrected chi connectivity index (χ1v) is 8.11. The van der Waals surface area contributed by atoms with Crippen LogP contribution in [-0.2, 0) is 9.53 Å². The van der Waals surface area contributed by atoms with E-state index in [1.165, 1.54) is 0 Å².